The lowest BCUT2D eigenvalue weighted by Crippen LogP contribution is -2.12. The van der Waals surface area contributed by atoms with Crippen LogP contribution in [0.3, 0.4) is 0 Å². The molecule has 1 N–H and O–H groups in total. The molecule has 134 valence electrons. The summed E-state index contributed by atoms with van der Waals surface area (Å²) < 4.78 is 10.5. The summed E-state index contributed by atoms with van der Waals surface area (Å²) >= 11 is 1.40. The van der Waals surface area contributed by atoms with Crippen LogP contribution >= 0.6 is 11.3 Å². The van der Waals surface area contributed by atoms with Crippen molar-refractivity contribution in [1.29, 1.82) is 0 Å². The molecule has 2 aromatic heterocycles. The first-order valence-corrected chi connectivity index (χ1v) is 8.93. The quantitative estimate of drug-likeness (QED) is 0.686. The molecule has 3 rings (SSSR count). The number of anilines is 1. The topological polar surface area (TPSA) is 73.3 Å². The molecule has 7 heteroatoms. The van der Waals surface area contributed by atoms with Crippen LogP contribution in [-0.4, -0.2) is 30.1 Å². The van der Waals surface area contributed by atoms with Crippen molar-refractivity contribution in [3.05, 3.63) is 53.7 Å². The summed E-state index contributed by atoms with van der Waals surface area (Å²) in [5.74, 6) is 1.33. The number of ether oxygens (including phenoxy) is 2. The third-order valence-electron chi connectivity index (χ3n) is 3.76. The van der Waals surface area contributed by atoms with Crippen molar-refractivity contribution in [2.24, 2.45) is 0 Å². The first-order valence-electron chi connectivity index (χ1n) is 8.05. The number of benzene rings is 1. The zero-order valence-corrected chi connectivity index (χ0v) is 15.4. The number of hydrogen-bond acceptors (Lipinski definition) is 6. The third kappa shape index (κ3) is 4.58. The number of nitrogens with one attached hydrogen (secondary N) is 1. The van der Waals surface area contributed by atoms with Crippen molar-refractivity contribution in [2.75, 3.05) is 19.5 Å². The second kappa shape index (κ2) is 8.44. The number of hydrogen-bond donors (Lipinski definition) is 1. The number of amides is 1. The third-order valence-corrected chi connectivity index (χ3v) is 4.52. The van der Waals surface area contributed by atoms with E-state index in [1.807, 2.05) is 29.6 Å². The van der Waals surface area contributed by atoms with Gasteiger partial charge >= 0.3 is 0 Å². The van der Waals surface area contributed by atoms with Crippen LogP contribution in [0.2, 0.25) is 0 Å². The van der Waals surface area contributed by atoms with Crippen LogP contribution in [0.25, 0.3) is 11.3 Å². The molecule has 0 saturated carbocycles. The number of nitrogens with zero attached hydrogens (tertiary/aromatic N) is 2. The summed E-state index contributed by atoms with van der Waals surface area (Å²) in [4.78, 5) is 20.7. The maximum atomic E-state index is 12.2. The fourth-order valence-corrected chi connectivity index (χ4v) is 3.16. The SMILES string of the molecule is COc1cc(CCC(=O)Nc2nc(-c3cccnc3)cs2)cc(OC)c1. The van der Waals surface area contributed by atoms with Gasteiger partial charge in [0, 0.05) is 35.8 Å². The van der Waals surface area contributed by atoms with Gasteiger partial charge in [0.2, 0.25) is 5.91 Å². The van der Waals surface area contributed by atoms with E-state index in [1.165, 1.54) is 11.3 Å². The van der Waals surface area contributed by atoms with Gasteiger partial charge in [-0.15, -0.1) is 11.3 Å². The normalized spacial score (nSPS) is 10.4. The molecular weight excluding hydrogens is 350 g/mol. The predicted molar refractivity (Wildman–Crippen MR) is 102 cm³/mol. The standard InChI is InChI=1S/C19H19N3O3S/c1-24-15-8-13(9-16(10-15)25-2)5-6-18(23)22-19-21-17(12-26-19)14-4-3-7-20-11-14/h3-4,7-12H,5-6H2,1-2H3,(H,21,22,23). The Labute approximate surface area is 155 Å². The van der Waals surface area contributed by atoms with Gasteiger partial charge in [0.05, 0.1) is 19.9 Å². The Morgan fingerprint density at radius 3 is 2.62 bits per heavy atom. The van der Waals surface area contributed by atoms with Gasteiger partial charge in [0.15, 0.2) is 5.13 Å². The highest BCUT2D eigenvalue weighted by Crippen LogP contribution is 2.25. The number of carbonyl (C=O) groups is 1. The Balaban J connectivity index is 1.59. The molecule has 2 heterocycles. The summed E-state index contributed by atoms with van der Waals surface area (Å²) in [7, 11) is 3.21. The molecule has 0 fully saturated rings. The minimum Gasteiger partial charge on any atom is -0.497 e. The average Bonchev–Trinajstić information content (AvgIpc) is 3.15. The van der Waals surface area contributed by atoms with Gasteiger partial charge in [0.1, 0.15) is 11.5 Å². The largest absolute Gasteiger partial charge is 0.497 e. The Morgan fingerprint density at radius 1 is 1.19 bits per heavy atom. The van der Waals surface area contributed by atoms with Gasteiger partial charge < -0.3 is 14.8 Å². The highest BCUT2D eigenvalue weighted by Gasteiger charge is 2.09. The van der Waals surface area contributed by atoms with Crippen molar-refractivity contribution in [3.63, 3.8) is 0 Å². The molecule has 0 unspecified atom stereocenters. The fourth-order valence-electron chi connectivity index (χ4n) is 2.43. The second-order valence-corrected chi connectivity index (χ2v) is 6.41. The molecular formula is C19H19N3O3S. The van der Waals surface area contributed by atoms with E-state index < -0.39 is 0 Å². The molecule has 0 aliphatic rings. The smallest absolute Gasteiger partial charge is 0.226 e. The summed E-state index contributed by atoms with van der Waals surface area (Å²) in [6, 6.07) is 9.40. The van der Waals surface area contributed by atoms with E-state index in [1.54, 1.807) is 32.7 Å². The Hall–Kier alpha value is -2.93. The minimum absolute atomic E-state index is 0.0844. The molecule has 0 spiro atoms. The summed E-state index contributed by atoms with van der Waals surface area (Å²) in [5, 5.41) is 5.33. The number of methoxy groups -OCH3 is 2. The Morgan fingerprint density at radius 2 is 1.96 bits per heavy atom. The van der Waals surface area contributed by atoms with E-state index in [-0.39, 0.29) is 5.91 Å². The summed E-state index contributed by atoms with van der Waals surface area (Å²) in [6.45, 7) is 0. The molecule has 6 nitrogen and oxygen atoms in total. The number of carbonyl (C=O) groups excluding carboxylic acids is 1. The second-order valence-electron chi connectivity index (χ2n) is 5.55. The van der Waals surface area contributed by atoms with Crippen LogP contribution in [0.15, 0.2) is 48.1 Å². The summed E-state index contributed by atoms with van der Waals surface area (Å²) in [6.07, 6.45) is 4.39. The number of pyridine rings is 1. The Bertz CT molecular complexity index is 858. The first kappa shape index (κ1) is 17.9. The lowest BCUT2D eigenvalue weighted by Gasteiger charge is -2.08. The molecule has 0 radical (unpaired) electrons. The molecule has 0 aliphatic heterocycles. The minimum atomic E-state index is -0.0844. The van der Waals surface area contributed by atoms with Crippen molar-refractivity contribution in [1.82, 2.24) is 9.97 Å². The monoisotopic (exact) mass is 369 g/mol. The van der Waals surface area contributed by atoms with Gasteiger partial charge in [-0.05, 0) is 36.2 Å². The van der Waals surface area contributed by atoms with Crippen molar-refractivity contribution < 1.29 is 14.3 Å². The number of thiazole rings is 1. The van der Waals surface area contributed by atoms with E-state index in [0.29, 0.717) is 29.5 Å². The van der Waals surface area contributed by atoms with Gasteiger partial charge in [-0.3, -0.25) is 9.78 Å². The maximum absolute atomic E-state index is 12.2. The van der Waals surface area contributed by atoms with Crippen LogP contribution in [0.1, 0.15) is 12.0 Å². The maximum Gasteiger partial charge on any atom is 0.226 e. The van der Waals surface area contributed by atoms with Crippen LogP contribution in [0.5, 0.6) is 11.5 Å². The predicted octanol–water partition coefficient (Wildman–Crippen LogP) is 3.79. The average molecular weight is 369 g/mol. The molecule has 0 atom stereocenters. The van der Waals surface area contributed by atoms with Crippen LogP contribution in [0, 0.1) is 0 Å². The number of aromatic nitrogens is 2. The molecule has 1 aromatic carbocycles. The van der Waals surface area contributed by atoms with E-state index in [9.17, 15) is 4.79 Å². The molecule has 1 amide bonds. The van der Waals surface area contributed by atoms with Crippen molar-refractivity contribution >= 4 is 22.4 Å². The molecule has 0 saturated heterocycles. The van der Waals surface area contributed by atoms with Crippen LogP contribution in [0.4, 0.5) is 5.13 Å². The highest BCUT2D eigenvalue weighted by molar-refractivity contribution is 7.14. The van der Waals surface area contributed by atoms with Crippen LogP contribution < -0.4 is 14.8 Å². The number of aryl methyl sites for hydroxylation is 1. The van der Waals surface area contributed by atoms with Gasteiger partial charge in [0.25, 0.3) is 0 Å². The van der Waals surface area contributed by atoms with Crippen molar-refractivity contribution in [2.45, 2.75) is 12.8 Å². The Kier molecular flexibility index (Phi) is 5.80. The van der Waals surface area contributed by atoms with Crippen molar-refractivity contribution in [3.8, 4) is 22.8 Å². The lowest BCUT2D eigenvalue weighted by molar-refractivity contribution is -0.116. The van der Waals surface area contributed by atoms with Gasteiger partial charge in [-0.25, -0.2) is 4.98 Å². The van der Waals surface area contributed by atoms with Gasteiger partial charge in [-0.1, -0.05) is 0 Å². The molecule has 3 aromatic rings. The van der Waals surface area contributed by atoms with Gasteiger partial charge in [-0.2, -0.15) is 0 Å². The molecule has 0 aliphatic carbocycles. The first-order chi connectivity index (χ1) is 12.7. The lowest BCUT2D eigenvalue weighted by atomic mass is 10.1. The van der Waals surface area contributed by atoms with E-state index in [0.717, 1.165) is 16.8 Å². The molecule has 26 heavy (non-hydrogen) atoms. The van der Waals surface area contributed by atoms with E-state index in [2.05, 4.69) is 15.3 Å². The van der Waals surface area contributed by atoms with E-state index >= 15 is 0 Å². The zero-order valence-electron chi connectivity index (χ0n) is 14.6. The zero-order chi connectivity index (χ0) is 18.4. The summed E-state index contributed by atoms with van der Waals surface area (Å²) in [5.41, 5.74) is 2.70. The molecule has 0 bridgehead atoms. The number of rotatable bonds is 7. The van der Waals surface area contributed by atoms with Crippen LogP contribution in [-0.2, 0) is 11.2 Å². The van der Waals surface area contributed by atoms with E-state index in [4.69, 9.17) is 9.47 Å². The fraction of sp³-hybridized carbons (Fsp3) is 0.211. The highest BCUT2D eigenvalue weighted by atomic mass is 32.1.